The molecule has 0 saturated heterocycles. The fraction of sp³-hybridized carbons (Fsp3) is 0. The number of nitriles is 3. The molecule has 0 aliphatic carbocycles. The predicted molar refractivity (Wildman–Crippen MR) is 122 cm³/mol. The Labute approximate surface area is 180 Å². The van der Waals surface area contributed by atoms with E-state index in [1.54, 1.807) is 66.8 Å². The van der Waals surface area contributed by atoms with Crippen LogP contribution in [0.2, 0.25) is 0 Å². The lowest BCUT2D eigenvalue weighted by Crippen LogP contribution is -1.97. The van der Waals surface area contributed by atoms with Gasteiger partial charge in [-0.15, -0.1) is 0 Å². The summed E-state index contributed by atoms with van der Waals surface area (Å²) in [4.78, 5) is 8.40. The normalized spacial score (nSPS) is 12.1. The summed E-state index contributed by atoms with van der Waals surface area (Å²) in [7, 11) is 0. The Morgan fingerprint density at radius 3 is 1.74 bits per heavy atom. The maximum Gasteiger partial charge on any atom is 0.158 e. The van der Waals surface area contributed by atoms with Crippen molar-refractivity contribution in [2.24, 2.45) is 9.98 Å². The van der Waals surface area contributed by atoms with Crippen LogP contribution in [-0.2, 0) is 0 Å². The lowest BCUT2D eigenvalue weighted by atomic mass is 10.1. The maximum atomic E-state index is 9.34. The molecule has 146 valence electrons. The molecule has 0 bridgehead atoms. The van der Waals surface area contributed by atoms with Crippen molar-refractivity contribution < 1.29 is 0 Å². The van der Waals surface area contributed by atoms with E-state index >= 15 is 0 Å². The number of nitrogens with zero attached hydrogens (tertiary/aromatic N) is 5. The number of allylic oxidation sites excluding steroid dienone is 7. The van der Waals surface area contributed by atoms with Crippen LogP contribution in [0.5, 0.6) is 0 Å². The fourth-order valence-electron chi connectivity index (χ4n) is 2.27. The lowest BCUT2D eigenvalue weighted by Gasteiger charge is -1.96. The van der Waals surface area contributed by atoms with Crippen molar-refractivity contribution in [3.05, 3.63) is 102 Å². The minimum absolute atomic E-state index is 0.00386. The van der Waals surface area contributed by atoms with Crippen LogP contribution >= 0.6 is 0 Å². The van der Waals surface area contributed by atoms with Gasteiger partial charge in [-0.05, 0) is 42.3 Å². The van der Waals surface area contributed by atoms with Gasteiger partial charge in [0.15, 0.2) is 11.4 Å². The molecular formula is C25H16N6. The summed E-state index contributed by atoms with van der Waals surface area (Å²) in [5.41, 5.74) is 1.56. The molecule has 0 heterocycles. The summed E-state index contributed by atoms with van der Waals surface area (Å²) in [5, 5.41) is 35.4. The van der Waals surface area contributed by atoms with E-state index in [-0.39, 0.29) is 22.6 Å². The van der Waals surface area contributed by atoms with Crippen molar-refractivity contribution in [3.8, 4) is 18.2 Å². The Balaban J connectivity index is 2.18. The second kappa shape index (κ2) is 12.4. The zero-order valence-electron chi connectivity index (χ0n) is 16.4. The molecule has 0 fully saturated rings. The molecule has 0 radical (unpaired) electrons. The summed E-state index contributed by atoms with van der Waals surface area (Å²) in [6, 6.07) is 23.7. The minimum atomic E-state index is 0.00386. The Morgan fingerprint density at radius 1 is 0.710 bits per heavy atom. The molecule has 31 heavy (non-hydrogen) atoms. The highest BCUT2D eigenvalue weighted by atomic mass is 14.8. The van der Waals surface area contributed by atoms with Crippen molar-refractivity contribution in [1.29, 1.82) is 21.2 Å². The van der Waals surface area contributed by atoms with E-state index in [0.717, 1.165) is 0 Å². The number of para-hydroxylation sites is 2. The van der Waals surface area contributed by atoms with Crippen LogP contribution < -0.4 is 0 Å². The smallest absolute Gasteiger partial charge is 0.158 e. The molecule has 2 aromatic rings. The van der Waals surface area contributed by atoms with Gasteiger partial charge in [0, 0.05) is 0 Å². The number of rotatable bonds is 7. The van der Waals surface area contributed by atoms with Crippen molar-refractivity contribution in [3.63, 3.8) is 0 Å². The van der Waals surface area contributed by atoms with E-state index in [9.17, 15) is 15.8 Å². The zero-order chi connectivity index (χ0) is 22.3. The molecule has 0 unspecified atom stereocenters. The molecule has 6 heteroatoms. The molecular weight excluding hydrogens is 384 g/mol. The molecule has 0 amide bonds. The average Bonchev–Trinajstić information content (AvgIpc) is 2.82. The van der Waals surface area contributed by atoms with Crippen molar-refractivity contribution in [2.75, 3.05) is 0 Å². The molecule has 0 saturated carbocycles. The van der Waals surface area contributed by atoms with Gasteiger partial charge in [-0.1, -0.05) is 54.6 Å². The first kappa shape index (κ1) is 22.2. The lowest BCUT2D eigenvalue weighted by molar-refractivity contribution is 1.46. The average molecular weight is 400 g/mol. The number of hydrogen-bond acceptors (Lipinski definition) is 6. The monoisotopic (exact) mass is 400 g/mol. The van der Waals surface area contributed by atoms with E-state index in [1.807, 2.05) is 30.3 Å². The largest absolute Gasteiger partial charge is 0.258 e. The third-order valence-corrected chi connectivity index (χ3v) is 3.72. The first-order valence-corrected chi connectivity index (χ1v) is 9.05. The molecule has 0 atom stereocenters. The fourth-order valence-corrected chi connectivity index (χ4v) is 2.27. The van der Waals surface area contributed by atoms with Gasteiger partial charge in [-0.25, -0.2) is 9.98 Å². The van der Waals surface area contributed by atoms with E-state index in [0.29, 0.717) is 11.4 Å². The number of aliphatic imine (C=N–C) groups is 2. The van der Waals surface area contributed by atoms with E-state index in [2.05, 4.69) is 15.9 Å². The third-order valence-electron chi connectivity index (χ3n) is 3.72. The first-order valence-electron chi connectivity index (χ1n) is 9.05. The Kier molecular flexibility index (Phi) is 8.88. The van der Waals surface area contributed by atoms with Crippen LogP contribution in [0, 0.1) is 39.4 Å². The number of hydrogen-bond donors (Lipinski definition) is 1. The van der Waals surface area contributed by atoms with Gasteiger partial charge < -0.3 is 0 Å². The SMILES string of the molecule is N#CC(=Nc1ccccc1)C(=C=N)/C=C/C=C/C=C(\C#N)C(C#N)=Nc1ccccc1. The Bertz CT molecular complexity index is 1240. The van der Waals surface area contributed by atoms with Gasteiger partial charge in [0.1, 0.15) is 18.2 Å². The van der Waals surface area contributed by atoms with Crippen LogP contribution in [0.3, 0.4) is 0 Å². The molecule has 0 aliphatic rings. The van der Waals surface area contributed by atoms with Gasteiger partial charge in [0.2, 0.25) is 0 Å². The number of nitrogens with one attached hydrogen (secondary N) is 1. The minimum Gasteiger partial charge on any atom is -0.258 e. The second-order valence-corrected chi connectivity index (χ2v) is 5.79. The van der Waals surface area contributed by atoms with Crippen molar-refractivity contribution in [1.82, 2.24) is 0 Å². The zero-order valence-corrected chi connectivity index (χ0v) is 16.4. The Hall–Kier alpha value is -5.08. The third kappa shape index (κ3) is 7.11. The van der Waals surface area contributed by atoms with Crippen LogP contribution in [-0.4, -0.2) is 17.3 Å². The summed E-state index contributed by atoms with van der Waals surface area (Å²) < 4.78 is 0. The summed E-state index contributed by atoms with van der Waals surface area (Å²) >= 11 is 0. The van der Waals surface area contributed by atoms with Gasteiger partial charge in [0.25, 0.3) is 0 Å². The van der Waals surface area contributed by atoms with Gasteiger partial charge in [-0.2, -0.15) is 15.8 Å². The van der Waals surface area contributed by atoms with E-state index in [4.69, 9.17) is 5.41 Å². The molecule has 2 aromatic carbocycles. The number of benzene rings is 2. The molecule has 0 aromatic heterocycles. The molecule has 0 spiro atoms. The van der Waals surface area contributed by atoms with Crippen LogP contribution in [0.25, 0.3) is 0 Å². The highest BCUT2D eigenvalue weighted by Gasteiger charge is 2.05. The van der Waals surface area contributed by atoms with Crippen molar-refractivity contribution in [2.45, 2.75) is 0 Å². The van der Waals surface area contributed by atoms with E-state index in [1.165, 1.54) is 12.2 Å². The summed E-state index contributed by atoms with van der Waals surface area (Å²) in [6.07, 6.45) is 7.73. The highest BCUT2D eigenvalue weighted by molar-refractivity contribution is 6.18. The first-order chi connectivity index (χ1) is 15.2. The molecule has 0 aliphatic heterocycles. The van der Waals surface area contributed by atoms with Crippen LogP contribution in [0.15, 0.2) is 112 Å². The molecule has 2 rings (SSSR count). The molecule has 6 nitrogen and oxygen atoms in total. The summed E-state index contributed by atoms with van der Waals surface area (Å²) in [5.74, 6) is 2.20. The van der Waals surface area contributed by atoms with Crippen LogP contribution in [0.4, 0.5) is 11.4 Å². The van der Waals surface area contributed by atoms with E-state index < -0.39 is 0 Å². The van der Waals surface area contributed by atoms with Crippen LogP contribution in [0.1, 0.15) is 0 Å². The van der Waals surface area contributed by atoms with Gasteiger partial charge in [-0.3, -0.25) is 5.41 Å². The van der Waals surface area contributed by atoms with Gasteiger partial charge in [0.05, 0.1) is 22.5 Å². The second-order valence-electron chi connectivity index (χ2n) is 5.79. The summed E-state index contributed by atoms with van der Waals surface area (Å²) in [6.45, 7) is 0. The predicted octanol–water partition coefficient (Wildman–Crippen LogP) is 5.32. The quantitative estimate of drug-likeness (QED) is 0.385. The Morgan fingerprint density at radius 2 is 1.26 bits per heavy atom. The van der Waals surface area contributed by atoms with Gasteiger partial charge >= 0.3 is 0 Å². The highest BCUT2D eigenvalue weighted by Crippen LogP contribution is 2.13. The van der Waals surface area contributed by atoms with Crippen molar-refractivity contribution >= 4 is 28.7 Å². The maximum absolute atomic E-state index is 9.34. The standard InChI is InChI=1S/C25H16N6/c26-16-20(24(18-28)30-22-12-6-2-7-13-22)10-4-1-5-11-21(17-27)25(19-29)31-23-14-8-3-9-15-23/h1-15,26H/b5-1+,10-4+,21-11+,30-24?,31-25?. The topological polar surface area (TPSA) is 120 Å². The molecule has 1 N–H and O–H groups in total.